The zero-order chi connectivity index (χ0) is 17.4. The molecule has 0 aliphatic heterocycles. The number of nitrogens with zero attached hydrogens (tertiary/aromatic N) is 2. The molecule has 0 saturated heterocycles. The molecule has 1 saturated carbocycles. The van der Waals surface area contributed by atoms with E-state index >= 15 is 0 Å². The maximum atomic E-state index is 11.8. The highest BCUT2D eigenvalue weighted by atomic mass is 127. The van der Waals surface area contributed by atoms with Crippen molar-refractivity contribution < 1.29 is 4.79 Å². The molecule has 0 unspecified atom stereocenters. The van der Waals surface area contributed by atoms with Gasteiger partial charge in [-0.05, 0) is 25.3 Å². The Morgan fingerprint density at radius 3 is 2.60 bits per heavy atom. The van der Waals surface area contributed by atoms with Crippen LogP contribution in [0.4, 0.5) is 0 Å². The molecule has 1 aromatic carbocycles. The molecular weight excluding hydrogens is 427 g/mol. The zero-order valence-corrected chi connectivity index (χ0v) is 17.9. The number of nitrogens with one attached hydrogen (secondary N) is 2. The number of aryl methyl sites for hydroxylation is 1. The Bertz CT molecular complexity index is 568. The van der Waals surface area contributed by atoms with E-state index in [9.17, 15) is 4.79 Å². The molecule has 25 heavy (non-hydrogen) atoms. The van der Waals surface area contributed by atoms with E-state index in [1.807, 2.05) is 0 Å². The predicted octanol–water partition coefficient (Wildman–Crippen LogP) is 3.07. The Kier molecular flexibility index (Phi) is 9.85. The van der Waals surface area contributed by atoms with E-state index in [1.165, 1.54) is 43.2 Å². The molecular formula is C19H31IN4O. The van der Waals surface area contributed by atoms with Gasteiger partial charge >= 0.3 is 0 Å². The van der Waals surface area contributed by atoms with Gasteiger partial charge in [0, 0.05) is 20.1 Å². The lowest BCUT2D eigenvalue weighted by Gasteiger charge is -2.25. The van der Waals surface area contributed by atoms with E-state index in [-0.39, 0.29) is 36.4 Å². The fourth-order valence-electron chi connectivity index (χ4n) is 2.89. The van der Waals surface area contributed by atoms with Crippen LogP contribution in [0.3, 0.4) is 0 Å². The first-order valence-electron chi connectivity index (χ1n) is 8.85. The third-order valence-electron chi connectivity index (χ3n) is 4.35. The number of carbonyl (C=O) groups excluding carboxylic acids is 1. The van der Waals surface area contributed by atoms with Gasteiger partial charge in [-0.3, -0.25) is 4.79 Å². The minimum Gasteiger partial charge on any atom is -0.354 e. The number of guanidine groups is 1. The van der Waals surface area contributed by atoms with Gasteiger partial charge in [-0.25, -0.2) is 4.99 Å². The second-order valence-corrected chi connectivity index (χ2v) is 6.77. The molecule has 0 aromatic heterocycles. The van der Waals surface area contributed by atoms with Crippen molar-refractivity contribution in [2.24, 2.45) is 4.99 Å². The number of hydrogen-bond acceptors (Lipinski definition) is 2. The summed E-state index contributed by atoms with van der Waals surface area (Å²) in [6.07, 6.45) is 6.19. The van der Waals surface area contributed by atoms with Crippen LogP contribution in [0.25, 0.3) is 0 Å². The average Bonchev–Trinajstić information content (AvgIpc) is 2.58. The van der Waals surface area contributed by atoms with E-state index in [2.05, 4.69) is 46.8 Å². The lowest BCUT2D eigenvalue weighted by molar-refractivity contribution is -0.127. The van der Waals surface area contributed by atoms with Crippen LogP contribution in [0.1, 0.15) is 43.2 Å². The summed E-state index contributed by atoms with van der Waals surface area (Å²) in [7, 11) is 3.53. The first-order chi connectivity index (χ1) is 11.5. The van der Waals surface area contributed by atoms with Crippen molar-refractivity contribution in [3.8, 4) is 0 Å². The molecule has 0 radical (unpaired) electrons. The lowest BCUT2D eigenvalue weighted by atomic mass is 9.96. The van der Waals surface area contributed by atoms with Gasteiger partial charge in [0.05, 0.1) is 13.1 Å². The Morgan fingerprint density at radius 2 is 1.96 bits per heavy atom. The highest BCUT2D eigenvalue weighted by molar-refractivity contribution is 14.0. The molecule has 2 N–H and O–H groups in total. The Balaban J connectivity index is 0.00000312. The second-order valence-electron chi connectivity index (χ2n) is 6.77. The van der Waals surface area contributed by atoms with Crippen molar-refractivity contribution in [3.63, 3.8) is 0 Å². The van der Waals surface area contributed by atoms with E-state index in [0.29, 0.717) is 12.6 Å². The summed E-state index contributed by atoms with van der Waals surface area (Å²) in [6, 6.07) is 8.82. The topological polar surface area (TPSA) is 56.7 Å². The van der Waals surface area contributed by atoms with Crippen LogP contribution in [-0.4, -0.2) is 43.4 Å². The number of hydrogen-bond donors (Lipinski definition) is 2. The molecule has 0 spiro atoms. The molecule has 1 aliphatic rings. The molecule has 0 bridgehead atoms. The summed E-state index contributed by atoms with van der Waals surface area (Å²) in [6.45, 7) is 2.96. The molecule has 1 aliphatic carbocycles. The van der Waals surface area contributed by atoms with Crippen LogP contribution in [0.15, 0.2) is 29.3 Å². The zero-order valence-electron chi connectivity index (χ0n) is 15.5. The summed E-state index contributed by atoms with van der Waals surface area (Å²) < 4.78 is 0. The smallest absolute Gasteiger partial charge is 0.241 e. The van der Waals surface area contributed by atoms with Gasteiger partial charge in [0.2, 0.25) is 5.91 Å². The first-order valence-corrected chi connectivity index (χ1v) is 8.85. The van der Waals surface area contributed by atoms with E-state index in [4.69, 9.17) is 0 Å². The Hall–Kier alpha value is -1.31. The van der Waals surface area contributed by atoms with Crippen LogP contribution in [0.5, 0.6) is 0 Å². The summed E-state index contributed by atoms with van der Waals surface area (Å²) in [5.41, 5.74) is 2.42. The Labute approximate surface area is 168 Å². The van der Waals surface area contributed by atoms with Crippen LogP contribution < -0.4 is 10.6 Å². The summed E-state index contributed by atoms with van der Waals surface area (Å²) in [5.74, 6) is 0.780. The molecule has 1 fully saturated rings. The third-order valence-corrected chi connectivity index (χ3v) is 4.35. The van der Waals surface area contributed by atoms with Crippen LogP contribution in [-0.2, 0) is 11.3 Å². The van der Waals surface area contributed by atoms with Crippen molar-refractivity contribution >= 4 is 35.8 Å². The molecule has 1 aromatic rings. The second kappa shape index (κ2) is 11.3. The standard InChI is InChI=1S/C19H30N4O.HI/c1-15-8-7-9-16(12-15)13-20-19(21-14-18(24)23(2)3)22-17-10-5-4-6-11-17;/h7-9,12,17H,4-6,10-11,13-14H2,1-3H3,(H2,20,21,22);1H. The van der Waals surface area contributed by atoms with Crippen molar-refractivity contribution in [2.75, 3.05) is 20.6 Å². The van der Waals surface area contributed by atoms with Crippen molar-refractivity contribution in [3.05, 3.63) is 35.4 Å². The van der Waals surface area contributed by atoms with Crippen molar-refractivity contribution in [1.29, 1.82) is 0 Å². The molecule has 6 heteroatoms. The highest BCUT2D eigenvalue weighted by Gasteiger charge is 2.15. The number of carbonyl (C=O) groups is 1. The molecule has 140 valence electrons. The highest BCUT2D eigenvalue weighted by Crippen LogP contribution is 2.17. The maximum absolute atomic E-state index is 11.8. The Morgan fingerprint density at radius 1 is 1.24 bits per heavy atom. The van der Waals surface area contributed by atoms with E-state index < -0.39 is 0 Å². The quantitative estimate of drug-likeness (QED) is 0.405. The number of halogens is 1. The van der Waals surface area contributed by atoms with Gasteiger partial charge < -0.3 is 15.5 Å². The van der Waals surface area contributed by atoms with Crippen LogP contribution in [0.2, 0.25) is 0 Å². The largest absolute Gasteiger partial charge is 0.354 e. The van der Waals surface area contributed by atoms with Gasteiger partial charge in [0.1, 0.15) is 0 Å². The summed E-state index contributed by atoms with van der Waals surface area (Å²) >= 11 is 0. The van der Waals surface area contributed by atoms with Crippen LogP contribution >= 0.6 is 24.0 Å². The first kappa shape index (κ1) is 21.7. The average molecular weight is 458 g/mol. The number of benzene rings is 1. The number of aliphatic imine (C=N–C) groups is 1. The van der Waals surface area contributed by atoms with E-state index in [1.54, 1.807) is 19.0 Å². The minimum absolute atomic E-state index is 0. The molecule has 1 amide bonds. The number of likely N-dealkylation sites (N-methyl/N-ethyl adjacent to an activating group) is 1. The van der Waals surface area contributed by atoms with Gasteiger partial charge in [-0.1, -0.05) is 49.1 Å². The SMILES string of the molecule is Cc1cccc(CN=C(NCC(=O)N(C)C)NC2CCCCC2)c1.I. The fourth-order valence-corrected chi connectivity index (χ4v) is 2.89. The summed E-state index contributed by atoms with van der Waals surface area (Å²) in [5, 5.41) is 6.68. The van der Waals surface area contributed by atoms with Crippen molar-refractivity contribution in [2.45, 2.75) is 51.6 Å². The molecule has 2 rings (SSSR count). The maximum Gasteiger partial charge on any atom is 0.241 e. The van der Waals surface area contributed by atoms with Gasteiger partial charge in [0.25, 0.3) is 0 Å². The number of amides is 1. The van der Waals surface area contributed by atoms with Crippen molar-refractivity contribution in [1.82, 2.24) is 15.5 Å². The predicted molar refractivity (Wildman–Crippen MR) is 114 cm³/mol. The summed E-state index contributed by atoms with van der Waals surface area (Å²) in [4.78, 5) is 18.1. The van der Waals surface area contributed by atoms with E-state index in [0.717, 1.165) is 5.96 Å². The molecule has 0 atom stereocenters. The lowest BCUT2D eigenvalue weighted by Crippen LogP contribution is -2.47. The normalized spacial score (nSPS) is 15.2. The van der Waals surface area contributed by atoms with Crippen LogP contribution in [0, 0.1) is 6.92 Å². The van der Waals surface area contributed by atoms with Gasteiger partial charge in [-0.2, -0.15) is 0 Å². The third kappa shape index (κ3) is 8.07. The molecule has 5 nitrogen and oxygen atoms in total. The monoisotopic (exact) mass is 458 g/mol. The van der Waals surface area contributed by atoms with Gasteiger partial charge in [-0.15, -0.1) is 24.0 Å². The molecule has 0 heterocycles. The number of rotatable bonds is 5. The fraction of sp³-hybridized carbons (Fsp3) is 0.579. The van der Waals surface area contributed by atoms with Gasteiger partial charge in [0.15, 0.2) is 5.96 Å². The minimum atomic E-state index is 0.